The van der Waals surface area contributed by atoms with E-state index in [1.165, 1.54) is 25.0 Å². The number of halogens is 1. The third-order valence-corrected chi connectivity index (χ3v) is 3.45. The molecule has 1 heterocycles. The van der Waals surface area contributed by atoms with E-state index in [0.717, 1.165) is 24.7 Å². The summed E-state index contributed by atoms with van der Waals surface area (Å²) in [6.45, 7) is 0.973. The van der Waals surface area contributed by atoms with Crippen LogP contribution in [0.3, 0.4) is 0 Å². The molecule has 0 bridgehead atoms. The van der Waals surface area contributed by atoms with Gasteiger partial charge in [0.2, 0.25) is 0 Å². The van der Waals surface area contributed by atoms with Gasteiger partial charge in [-0.2, -0.15) is 11.8 Å². The SMILES string of the molecule is ClCCCSCC1CCCCO1. The van der Waals surface area contributed by atoms with Gasteiger partial charge in [-0.3, -0.25) is 0 Å². The largest absolute Gasteiger partial charge is 0.377 e. The van der Waals surface area contributed by atoms with Gasteiger partial charge in [0.1, 0.15) is 0 Å². The predicted octanol–water partition coefficient (Wildman–Crippen LogP) is 2.92. The van der Waals surface area contributed by atoms with Crippen LogP contribution in [0.2, 0.25) is 0 Å². The van der Waals surface area contributed by atoms with Gasteiger partial charge in [-0.15, -0.1) is 11.6 Å². The molecule has 1 aliphatic heterocycles. The molecule has 0 aromatic carbocycles. The number of hydrogen-bond donors (Lipinski definition) is 0. The van der Waals surface area contributed by atoms with Gasteiger partial charge >= 0.3 is 0 Å². The minimum atomic E-state index is 0.527. The summed E-state index contributed by atoms with van der Waals surface area (Å²) in [5, 5.41) is 0. The molecule has 1 fully saturated rings. The lowest BCUT2D eigenvalue weighted by Gasteiger charge is -2.21. The van der Waals surface area contributed by atoms with E-state index >= 15 is 0 Å². The molecule has 0 saturated carbocycles. The molecule has 0 aromatic rings. The molecular formula is C9H17ClOS. The van der Waals surface area contributed by atoms with Crippen molar-refractivity contribution in [3.8, 4) is 0 Å². The van der Waals surface area contributed by atoms with Gasteiger partial charge in [0.25, 0.3) is 0 Å². The Morgan fingerprint density at radius 2 is 2.33 bits per heavy atom. The number of rotatable bonds is 5. The minimum absolute atomic E-state index is 0.527. The van der Waals surface area contributed by atoms with Gasteiger partial charge in [-0.05, 0) is 31.4 Å². The van der Waals surface area contributed by atoms with Crippen LogP contribution in [0.1, 0.15) is 25.7 Å². The predicted molar refractivity (Wildman–Crippen MR) is 56.3 cm³/mol. The third kappa shape index (κ3) is 4.58. The fourth-order valence-corrected chi connectivity index (χ4v) is 2.64. The fourth-order valence-electron chi connectivity index (χ4n) is 1.31. The van der Waals surface area contributed by atoms with Crippen molar-refractivity contribution >= 4 is 23.4 Å². The lowest BCUT2D eigenvalue weighted by atomic mass is 10.1. The minimum Gasteiger partial charge on any atom is -0.377 e. The average Bonchev–Trinajstić information content (AvgIpc) is 2.14. The van der Waals surface area contributed by atoms with Crippen molar-refractivity contribution < 1.29 is 4.74 Å². The van der Waals surface area contributed by atoms with Crippen LogP contribution in [0.4, 0.5) is 0 Å². The Morgan fingerprint density at radius 3 is 3.00 bits per heavy atom. The van der Waals surface area contributed by atoms with Gasteiger partial charge in [0.15, 0.2) is 0 Å². The van der Waals surface area contributed by atoms with Crippen LogP contribution in [0.25, 0.3) is 0 Å². The first-order chi connectivity index (χ1) is 5.93. The molecule has 0 N–H and O–H groups in total. The molecule has 3 heteroatoms. The van der Waals surface area contributed by atoms with E-state index < -0.39 is 0 Å². The van der Waals surface area contributed by atoms with Crippen molar-refractivity contribution in [3.63, 3.8) is 0 Å². The second-order valence-corrected chi connectivity index (χ2v) is 4.63. The molecule has 0 spiro atoms. The Balaban J connectivity index is 1.91. The van der Waals surface area contributed by atoms with Crippen molar-refractivity contribution in [1.29, 1.82) is 0 Å². The van der Waals surface area contributed by atoms with Gasteiger partial charge < -0.3 is 4.74 Å². The van der Waals surface area contributed by atoms with Gasteiger partial charge in [-0.1, -0.05) is 0 Å². The molecular weight excluding hydrogens is 192 g/mol. The van der Waals surface area contributed by atoms with E-state index in [4.69, 9.17) is 16.3 Å². The number of hydrogen-bond acceptors (Lipinski definition) is 2. The summed E-state index contributed by atoms with van der Waals surface area (Å²) in [4.78, 5) is 0. The first-order valence-corrected chi connectivity index (χ1v) is 6.37. The van der Waals surface area contributed by atoms with Crippen molar-refractivity contribution in [1.82, 2.24) is 0 Å². The van der Waals surface area contributed by atoms with Crippen molar-refractivity contribution in [3.05, 3.63) is 0 Å². The zero-order valence-electron chi connectivity index (χ0n) is 7.43. The summed E-state index contributed by atoms with van der Waals surface area (Å²) in [5.74, 6) is 3.14. The summed E-state index contributed by atoms with van der Waals surface area (Å²) in [7, 11) is 0. The van der Waals surface area contributed by atoms with Crippen LogP contribution in [0, 0.1) is 0 Å². The summed E-state index contributed by atoms with van der Waals surface area (Å²) in [6, 6.07) is 0. The second kappa shape index (κ2) is 7.05. The highest BCUT2D eigenvalue weighted by Gasteiger charge is 2.12. The molecule has 1 rings (SSSR count). The monoisotopic (exact) mass is 208 g/mol. The quantitative estimate of drug-likeness (QED) is 0.508. The molecule has 1 aliphatic rings. The first-order valence-electron chi connectivity index (χ1n) is 4.69. The molecule has 0 amide bonds. The standard InChI is InChI=1S/C9H17ClOS/c10-5-3-7-12-8-9-4-1-2-6-11-9/h9H,1-8H2. The highest BCUT2D eigenvalue weighted by Crippen LogP contribution is 2.17. The Kier molecular flexibility index (Phi) is 6.27. The highest BCUT2D eigenvalue weighted by molar-refractivity contribution is 7.99. The maximum Gasteiger partial charge on any atom is 0.0665 e. The normalized spacial score (nSPS) is 24.2. The third-order valence-electron chi connectivity index (χ3n) is 2.00. The van der Waals surface area contributed by atoms with Gasteiger partial charge in [0.05, 0.1) is 6.10 Å². The zero-order valence-corrected chi connectivity index (χ0v) is 9.00. The first kappa shape index (κ1) is 10.7. The summed E-state index contributed by atoms with van der Waals surface area (Å²) in [6.07, 6.45) is 5.51. The Morgan fingerprint density at radius 1 is 1.42 bits per heavy atom. The second-order valence-electron chi connectivity index (χ2n) is 3.11. The lowest BCUT2D eigenvalue weighted by Crippen LogP contribution is -2.21. The Labute approximate surface area is 84.2 Å². The molecule has 1 nitrogen and oxygen atoms in total. The molecule has 1 unspecified atom stereocenters. The van der Waals surface area contributed by atoms with Crippen LogP contribution in [0.15, 0.2) is 0 Å². The van der Waals surface area contributed by atoms with Crippen molar-refractivity contribution in [2.75, 3.05) is 24.0 Å². The molecule has 12 heavy (non-hydrogen) atoms. The van der Waals surface area contributed by atoms with E-state index in [-0.39, 0.29) is 0 Å². The van der Waals surface area contributed by atoms with Gasteiger partial charge in [0, 0.05) is 18.2 Å². The van der Waals surface area contributed by atoms with E-state index in [2.05, 4.69) is 0 Å². The summed E-state index contributed by atoms with van der Waals surface area (Å²) >= 11 is 7.55. The maximum absolute atomic E-state index is 5.60. The molecule has 0 radical (unpaired) electrons. The van der Waals surface area contributed by atoms with E-state index in [1.807, 2.05) is 11.8 Å². The van der Waals surface area contributed by atoms with Crippen molar-refractivity contribution in [2.45, 2.75) is 31.8 Å². The van der Waals surface area contributed by atoms with Crippen LogP contribution in [-0.2, 0) is 4.74 Å². The van der Waals surface area contributed by atoms with Crippen LogP contribution in [-0.4, -0.2) is 30.1 Å². The highest BCUT2D eigenvalue weighted by atomic mass is 35.5. The number of alkyl halides is 1. The van der Waals surface area contributed by atoms with Crippen molar-refractivity contribution in [2.24, 2.45) is 0 Å². The summed E-state index contributed by atoms with van der Waals surface area (Å²) < 4.78 is 5.60. The van der Waals surface area contributed by atoms with E-state index in [1.54, 1.807) is 0 Å². The Bertz CT molecular complexity index is 105. The number of thioether (sulfide) groups is 1. The molecule has 0 aliphatic carbocycles. The van der Waals surface area contributed by atoms with Crippen LogP contribution >= 0.6 is 23.4 Å². The topological polar surface area (TPSA) is 9.23 Å². The molecule has 0 aromatic heterocycles. The van der Waals surface area contributed by atoms with E-state index in [9.17, 15) is 0 Å². The molecule has 72 valence electrons. The van der Waals surface area contributed by atoms with Crippen LogP contribution < -0.4 is 0 Å². The van der Waals surface area contributed by atoms with E-state index in [0.29, 0.717) is 6.10 Å². The fraction of sp³-hybridized carbons (Fsp3) is 1.00. The van der Waals surface area contributed by atoms with Gasteiger partial charge in [-0.25, -0.2) is 0 Å². The number of ether oxygens (including phenoxy) is 1. The smallest absolute Gasteiger partial charge is 0.0665 e. The lowest BCUT2D eigenvalue weighted by molar-refractivity contribution is 0.0315. The summed E-state index contributed by atoms with van der Waals surface area (Å²) in [5.41, 5.74) is 0. The Hall–Kier alpha value is 0.600. The zero-order chi connectivity index (χ0) is 8.65. The molecule has 1 saturated heterocycles. The molecule has 1 atom stereocenters. The van der Waals surface area contributed by atoms with Crippen LogP contribution in [0.5, 0.6) is 0 Å². The average molecular weight is 209 g/mol. The maximum atomic E-state index is 5.60.